The first-order chi connectivity index (χ1) is 10.5. The van der Waals surface area contributed by atoms with Crippen LogP contribution in [0.15, 0.2) is 24.3 Å². The van der Waals surface area contributed by atoms with Crippen molar-refractivity contribution in [2.45, 2.75) is 50.7 Å². The minimum absolute atomic E-state index is 0.0654. The zero-order chi connectivity index (χ0) is 16.0. The smallest absolute Gasteiger partial charge is 0.387 e. The van der Waals surface area contributed by atoms with Crippen LogP contribution in [0.1, 0.15) is 37.7 Å². The minimum atomic E-state index is -2.86. The molecular formula is C16H21F2NO3. The van der Waals surface area contributed by atoms with Crippen LogP contribution < -0.4 is 10.1 Å². The lowest BCUT2D eigenvalue weighted by Crippen LogP contribution is -2.44. The van der Waals surface area contributed by atoms with Crippen molar-refractivity contribution in [1.29, 1.82) is 0 Å². The normalized spacial score (nSPS) is 17.3. The second-order valence-corrected chi connectivity index (χ2v) is 5.76. The van der Waals surface area contributed by atoms with E-state index in [1.807, 2.05) is 0 Å². The summed E-state index contributed by atoms with van der Waals surface area (Å²) in [7, 11) is 0. The SMILES string of the molecule is O=C(Cc1ccc(OC(F)F)cc1)NCC1(O)CCCCC1. The maximum atomic E-state index is 12.0. The molecule has 1 aliphatic rings. The molecule has 22 heavy (non-hydrogen) atoms. The summed E-state index contributed by atoms with van der Waals surface area (Å²) in [6.45, 7) is -2.59. The molecule has 1 saturated carbocycles. The van der Waals surface area contributed by atoms with E-state index in [-0.39, 0.29) is 24.6 Å². The first-order valence-corrected chi connectivity index (χ1v) is 7.50. The monoisotopic (exact) mass is 313 g/mol. The largest absolute Gasteiger partial charge is 0.435 e. The van der Waals surface area contributed by atoms with Crippen LogP contribution in [0.2, 0.25) is 0 Å². The quantitative estimate of drug-likeness (QED) is 0.849. The number of carbonyl (C=O) groups excluding carboxylic acids is 1. The summed E-state index contributed by atoms with van der Waals surface area (Å²) in [4.78, 5) is 11.9. The van der Waals surface area contributed by atoms with Crippen molar-refractivity contribution in [3.05, 3.63) is 29.8 Å². The van der Waals surface area contributed by atoms with Gasteiger partial charge in [0.2, 0.25) is 5.91 Å². The summed E-state index contributed by atoms with van der Waals surface area (Å²) in [5, 5.41) is 13.1. The van der Waals surface area contributed by atoms with Gasteiger partial charge in [-0.25, -0.2) is 0 Å². The predicted octanol–water partition coefficient (Wildman–Crippen LogP) is 2.64. The summed E-state index contributed by atoms with van der Waals surface area (Å²) >= 11 is 0. The third-order valence-corrected chi connectivity index (χ3v) is 3.91. The Hall–Kier alpha value is -1.69. The molecular weight excluding hydrogens is 292 g/mol. The Morgan fingerprint density at radius 1 is 1.23 bits per heavy atom. The van der Waals surface area contributed by atoms with E-state index < -0.39 is 12.2 Å². The van der Waals surface area contributed by atoms with Crippen LogP contribution >= 0.6 is 0 Å². The fourth-order valence-corrected chi connectivity index (χ4v) is 2.69. The van der Waals surface area contributed by atoms with Gasteiger partial charge in [0.1, 0.15) is 5.75 Å². The number of ether oxygens (including phenoxy) is 1. The lowest BCUT2D eigenvalue weighted by atomic mass is 9.85. The molecule has 0 heterocycles. The molecule has 4 nitrogen and oxygen atoms in total. The molecule has 0 aromatic heterocycles. The molecule has 122 valence electrons. The number of benzene rings is 1. The zero-order valence-electron chi connectivity index (χ0n) is 12.4. The Labute approximate surface area is 128 Å². The number of halogens is 2. The molecule has 1 aromatic carbocycles. The zero-order valence-corrected chi connectivity index (χ0v) is 12.4. The van der Waals surface area contributed by atoms with E-state index >= 15 is 0 Å². The molecule has 0 atom stereocenters. The molecule has 1 amide bonds. The third kappa shape index (κ3) is 5.26. The van der Waals surface area contributed by atoms with Gasteiger partial charge < -0.3 is 15.2 Å². The highest BCUT2D eigenvalue weighted by molar-refractivity contribution is 5.78. The second-order valence-electron chi connectivity index (χ2n) is 5.76. The maximum absolute atomic E-state index is 12.0. The first kappa shape index (κ1) is 16.7. The molecule has 0 bridgehead atoms. The van der Waals surface area contributed by atoms with Crippen LogP contribution in [0.4, 0.5) is 8.78 Å². The molecule has 0 radical (unpaired) electrons. The number of aliphatic hydroxyl groups is 1. The summed E-state index contributed by atoms with van der Waals surface area (Å²) in [6, 6.07) is 5.96. The average molecular weight is 313 g/mol. The summed E-state index contributed by atoms with van der Waals surface area (Å²) in [5.41, 5.74) is -0.0853. The van der Waals surface area contributed by atoms with Gasteiger partial charge >= 0.3 is 6.61 Å². The second kappa shape index (κ2) is 7.54. The summed E-state index contributed by atoms with van der Waals surface area (Å²) < 4.78 is 28.3. The van der Waals surface area contributed by atoms with Crippen molar-refractivity contribution < 1.29 is 23.4 Å². The molecule has 1 aromatic rings. The number of hydrogen-bond donors (Lipinski definition) is 2. The highest BCUT2D eigenvalue weighted by Crippen LogP contribution is 2.27. The highest BCUT2D eigenvalue weighted by atomic mass is 19.3. The fraction of sp³-hybridized carbons (Fsp3) is 0.562. The van der Waals surface area contributed by atoms with Crippen molar-refractivity contribution >= 4 is 5.91 Å². The Balaban J connectivity index is 1.79. The van der Waals surface area contributed by atoms with E-state index in [2.05, 4.69) is 10.1 Å². The van der Waals surface area contributed by atoms with Gasteiger partial charge in [-0.05, 0) is 30.5 Å². The minimum Gasteiger partial charge on any atom is -0.435 e. The van der Waals surface area contributed by atoms with Gasteiger partial charge in [-0.2, -0.15) is 8.78 Å². The van der Waals surface area contributed by atoms with Crippen molar-refractivity contribution in [2.24, 2.45) is 0 Å². The maximum Gasteiger partial charge on any atom is 0.387 e. The molecule has 2 rings (SSSR count). The highest BCUT2D eigenvalue weighted by Gasteiger charge is 2.29. The fourth-order valence-electron chi connectivity index (χ4n) is 2.69. The number of carbonyl (C=O) groups is 1. The topological polar surface area (TPSA) is 58.6 Å². The van der Waals surface area contributed by atoms with Crippen molar-refractivity contribution in [2.75, 3.05) is 6.54 Å². The Bertz CT molecular complexity index is 485. The van der Waals surface area contributed by atoms with Gasteiger partial charge in [0, 0.05) is 6.54 Å². The van der Waals surface area contributed by atoms with Gasteiger partial charge in [0.25, 0.3) is 0 Å². The predicted molar refractivity (Wildman–Crippen MR) is 77.8 cm³/mol. The van der Waals surface area contributed by atoms with Crippen LogP contribution in [0.5, 0.6) is 5.75 Å². The first-order valence-electron chi connectivity index (χ1n) is 7.50. The number of alkyl halides is 2. The molecule has 2 N–H and O–H groups in total. The van der Waals surface area contributed by atoms with Crippen molar-refractivity contribution in [1.82, 2.24) is 5.32 Å². The van der Waals surface area contributed by atoms with Gasteiger partial charge in [-0.3, -0.25) is 4.79 Å². The Morgan fingerprint density at radius 3 is 2.45 bits per heavy atom. The molecule has 6 heteroatoms. The van der Waals surface area contributed by atoms with Gasteiger partial charge in [-0.1, -0.05) is 31.4 Å². The van der Waals surface area contributed by atoms with Gasteiger partial charge in [0.05, 0.1) is 12.0 Å². The van der Waals surface area contributed by atoms with Crippen molar-refractivity contribution in [3.63, 3.8) is 0 Å². The van der Waals surface area contributed by atoms with E-state index in [4.69, 9.17) is 0 Å². The van der Waals surface area contributed by atoms with E-state index in [0.29, 0.717) is 18.4 Å². The molecule has 0 spiro atoms. The average Bonchev–Trinajstić information content (AvgIpc) is 2.48. The lowest BCUT2D eigenvalue weighted by Gasteiger charge is -2.32. The van der Waals surface area contributed by atoms with Gasteiger partial charge in [0.15, 0.2) is 0 Å². The van der Waals surface area contributed by atoms with Crippen LogP contribution in [0.25, 0.3) is 0 Å². The summed E-state index contributed by atoms with van der Waals surface area (Å²) in [6.07, 6.45) is 4.67. The van der Waals surface area contributed by atoms with Crippen LogP contribution in [0.3, 0.4) is 0 Å². The number of hydrogen-bond acceptors (Lipinski definition) is 3. The van der Waals surface area contributed by atoms with Crippen LogP contribution in [0, 0.1) is 0 Å². The molecule has 1 aliphatic carbocycles. The van der Waals surface area contributed by atoms with E-state index in [9.17, 15) is 18.7 Å². The van der Waals surface area contributed by atoms with E-state index in [1.54, 1.807) is 12.1 Å². The number of nitrogens with one attached hydrogen (secondary N) is 1. The lowest BCUT2D eigenvalue weighted by molar-refractivity contribution is -0.122. The van der Waals surface area contributed by atoms with Crippen LogP contribution in [-0.4, -0.2) is 29.8 Å². The molecule has 0 aliphatic heterocycles. The third-order valence-electron chi connectivity index (χ3n) is 3.91. The van der Waals surface area contributed by atoms with Crippen molar-refractivity contribution in [3.8, 4) is 5.75 Å². The molecule has 0 saturated heterocycles. The number of rotatable bonds is 6. The summed E-state index contributed by atoms with van der Waals surface area (Å²) in [5.74, 6) is -0.128. The standard InChI is InChI=1S/C16H21F2NO3/c17-15(18)22-13-6-4-12(5-7-13)10-14(20)19-11-16(21)8-2-1-3-9-16/h4-7,15,21H,1-3,8-11H2,(H,19,20). The van der Waals surface area contributed by atoms with E-state index in [0.717, 1.165) is 19.3 Å². The Kier molecular flexibility index (Phi) is 5.71. The van der Waals surface area contributed by atoms with Gasteiger partial charge in [-0.15, -0.1) is 0 Å². The Morgan fingerprint density at radius 2 is 1.86 bits per heavy atom. The number of amides is 1. The molecule has 1 fully saturated rings. The van der Waals surface area contributed by atoms with Crippen LogP contribution in [-0.2, 0) is 11.2 Å². The molecule has 0 unspecified atom stereocenters. The van der Waals surface area contributed by atoms with E-state index in [1.165, 1.54) is 12.1 Å².